The predicted molar refractivity (Wildman–Crippen MR) is 62.7 cm³/mol. The molecule has 1 aliphatic heterocycles. The number of benzene rings is 1. The van der Waals surface area contributed by atoms with Gasteiger partial charge in [-0.25, -0.2) is 4.39 Å². The fourth-order valence-electron chi connectivity index (χ4n) is 1.31. The Bertz CT molecular complexity index is 537. The van der Waals surface area contributed by atoms with Gasteiger partial charge in [0.05, 0.1) is 0 Å². The topological polar surface area (TPSA) is 58.2 Å². The molecule has 86 valence electrons. The molecule has 0 aliphatic carbocycles. The zero-order valence-electron chi connectivity index (χ0n) is 8.49. The van der Waals surface area contributed by atoms with Crippen LogP contribution in [0.3, 0.4) is 0 Å². The summed E-state index contributed by atoms with van der Waals surface area (Å²) in [6.45, 7) is 0. The van der Waals surface area contributed by atoms with Gasteiger partial charge < -0.3 is 5.32 Å². The van der Waals surface area contributed by atoms with E-state index in [1.54, 1.807) is 0 Å². The molecule has 1 aliphatic rings. The summed E-state index contributed by atoms with van der Waals surface area (Å²) in [7, 11) is 0. The lowest BCUT2D eigenvalue weighted by Crippen LogP contribution is -2.21. The van der Waals surface area contributed by atoms with E-state index in [9.17, 15) is 14.0 Å². The van der Waals surface area contributed by atoms with Crippen LogP contribution in [0.1, 0.15) is 10.4 Å². The van der Waals surface area contributed by atoms with Gasteiger partial charge in [-0.05, 0) is 36.5 Å². The highest BCUT2D eigenvalue weighted by Crippen LogP contribution is 2.07. The third-order valence-electron chi connectivity index (χ3n) is 2.12. The van der Waals surface area contributed by atoms with Crippen molar-refractivity contribution in [1.82, 2.24) is 10.6 Å². The number of thiocarbonyl (C=S) groups is 1. The highest BCUT2D eigenvalue weighted by molar-refractivity contribution is 7.80. The summed E-state index contributed by atoms with van der Waals surface area (Å²) in [5.41, 5.74) is 0.385. The molecule has 1 saturated heterocycles. The maximum absolute atomic E-state index is 12.6. The first kappa shape index (κ1) is 11.4. The molecule has 0 unspecified atom stereocenters. The zero-order valence-corrected chi connectivity index (χ0v) is 9.31. The number of rotatable bonds is 2. The zero-order chi connectivity index (χ0) is 12.4. The molecule has 17 heavy (non-hydrogen) atoms. The van der Waals surface area contributed by atoms with E-state index < -0.39 is 17.5 Å². The number of ketones is 1. The second kappa shape index (κ2) is 4.42. The predicted octanol–water partition coefficient (Wildman–Crippen LogP) is 0.897. The summed E-state index contributed by atoms with van der Waals surface area (Å²) in [5.74, 6) is -1.27. The number of halogens is 1. The van der Waals surface area contributed by atoms with Gasteiger partial charge >= 0.3 is 0 Å². The number of hydrogen-bond donors (Lipinski definition) is 2. The Morgan fingerprint density at radius 2 is 1.88 bits per heavy atom. The largest absolute Gasteiger partial charge is 0.328 e. The van der Waals surface area contributed by atoms with Gasteiger partial charge in [0.25, 0.3) is 5.91 Å². The summed E-state index contributed by atoms with van der Waals surface area (Å²) in [4.78, 5) is 23.0. The van der Waals surface area contributed by atoms with E-state index in [0.717, 1.165) is 6.08 Å². The molecular formula is C11H7FN2O2S. The molecule has 1 aromatic carbocycles. The van der Waals surface area contributed by atoms with Crippen LogP contribution in [0.2, 0.25) is 0 Å². The average Bonchev–Trinajstić information content (AvgIpc) is 2.58. The van der Waals surface area contributed by atoms with Crippen molar-refractivity contribution in [2.75, 3.05) is 0 Å². The molecule has 2 N–H and O–H groups in total. The highest BCUT2D eigenvalue weighted by atomic mass is 32.1. The van der Waals surface area contributed by atoms with Gasteiger partial charge in [-0.15, -0.1) is 0 Å². The minimum atomic E-state index is -0.453. The van der Waals surface area contributed by atoms with E-state index in [1.165, 1.54) is 24.3 Å². The maximum atomic E-state index is 12.6. The summed E-state index contributed by atoms with van der Waals surface area (Å²) in [6.07, 6.45) is 1.13. The van der Waals surface area contributed by atoms with Gasteiger partial charge in [-0.3, -0.25) is 14.9 Å². The van der Waals surface area contributed by atoms with Crippen molar-refractivity contribution in [3.63, 3.8) is 0 Å². The van der Waals surface area contributed by atoms with Crippen LogP contribution in [-0.4, -0.2) is 16.8 Å². The number of carbonyl (C=O) groups excluding carboxylic acids is 2. The summed E-state index contributed by atoms with van der Waals surface area (Å²) in [5, 5.41) is 5.05. The van der Waals surface area contributed by atoms with Crippen LogP contribution in [-0.2, 0) is 4.79 Å². The van der Waals surface area contributed by atoms with Crippen molar-refractivity contribution in [2.45, 2.75) is 0 Å². The average molecular weight is 250 g/mol. The molecule has 6 heteroatoms. The first-order valence-electron chi connectivity index (χ1n) is 4.70. The van der Waals surface area contributed by atoms with E-state index in [2.05, 4.69) is 10.6 Å². The number of nitrogens with one attached hydrogen (secondary N) is 2. The summed E-state index contributed by atoms with van der Waals surface area (Å²) < 4.78 is 12.6. The van der Waals surface area contributed by atoms with Crippen molar-refractivity contribution < 1.29 is 14.0 Å². The van der Waals surface area contributed by atoms with Crippen molar-refractivity contribution >= 4 is 29.0 Å². The van der Waals surface area contributed by atoms with E-state index in [0.29, 0.717) is 5.56 Å². The molecule has 1 heterocycles. The van der Waals surface area contributed by atoms with Gasteiger partial charge in [0.15, 0.2) is 10.9 Å². The SMILES string of the molecule is O=C1NC(=S)NC1=CC(=O)c1ccc(F)cc1. The van der Waals surface area contributed by atoms with Gasteiger partial charge in [0.1, 0.15) is 11.5 Å². The normalized spacial score (nSPS) is 16.9. The monoisotopic (exact) mass is 250 g/mol. The first-order chi connectivity index (χ1) is 8.06. The standard InChI is InChI=1S/C11H7FN2O2S/c12-7-3-1-6(2-4-7)9(15)5-8-10(16)14-11(17)13-8/h1-5H,(H2,13,14,16,17). The van der Waals surface area contributed by atoms with Crippen LogP contribution in [0.5, 0.6) is 0 Å². The summed E-state index contributed by atoms with van der Waals surface area (Å²) >= 11 is 4.72. The van der Waals surface area contributed by atoms with E-state index in [1.807, 2.05) is 0 Å². The molecule has 0 radical (unpaired) electrons. The Balaban J connectivity index is 2.22. The molecular weight excluding hydrogens is 243 g/mol. The van der Waals surface area contributed by atoms with Gasteiger partial charge in [0, 0.05) is 11.6 Å². The van der Waals surface area contributed by atoms with Crippen LogP contribution in [0, 0.1) is 5.82 Å². The van der Waals surface area contributed by atoms with Crippen LogP contribution in [0.4, 0.5) is 4.39 Å². The number of hydrogen-bond acceptors (Lipinski definition) is 3. The van der Waals surface area contributed by atoms with Gasteiger partial charge in [0.2, 0.25) is 0 Å². The quantitative estimate of drug-likeness (QED) is 0.465. The lowest BCUT2D eigenvalue weighted by molar-refractivity contribution is -0.115. The Hall–Kier alpha value is -2.08. The molecule has 1 amide bonds. The van der Waals surface area contributed by atoms with E-state index >= 15 is 0 Å². The molecule has 2 rings (SSSR count). The number of allylic oxidation sites excluding steroid dienone is 1. The maximum Gasteiger partial charge on any atom is 0.274 e. The fourth-order valence-corrected chi connectivity index (χ4v) is 1.51. The number of carbonyl (C=O) groups is 2. The lowest BCUT2D eigenvalue weighted by Gasteiger charge is -1.97. The van der Waals surface area contributed by atoms with Crippen LogP contribution < -0.4 is 10.6 Å². The van der Waals surface area contributed by atoms with Crippen LogP contribution in [0.15, 0.2) is 36.0 Å². The van der Waals surface area contributed by atoms with E-state index in [4.69, 9.17) is 12.2 Å². The molecule has 1 aromatic rings. The Labute approximate surface area is 102 Å². The van der Waals surface area contributed by atoms with Crippen molar-refractivity contribution in [3.05, 3.63) is 47.4 Å². The van der Waals surface area contributed by atoms with Crippen molar-refractivity contribution in [3.8, 4) is 0 Å². The third kappa shape index (κ3) is 2.54. The molecule has 0 aromatic heterocycles. The Morgan fingerprint density at radius 3 is 2.41 bits per heavy atom. The molecule has 4 nitrogen and oxygen atoms in total. The molecule has 0 spiro atoms. The molecule has 0 saturated carbocycles. The number of amides is 1. The molecule has 0 atom stereocenters. The molecule has 0 bridgehead atoms. The van der Waals surface area contributed by atoms with Crippen LogP contribution in [0.25, 0.3) is 0 Å². The second-order valence-corrected chi connectivity index (χ2v) is 3.75. The minimum absolute atomic E-state index is 0.0873. The second-order valence-electron chi connectivity index (χ2n) is 3.34. The van der Waals surface area contributed by atoms with Gasteiger partial charge in [-0.1, -0.05) is 0 Å². The Kier molecular flexibility index (Phi) is 2.97. The lowest BCUT2D eigenvalue weighted by atomic mass is 10.1. The highest BCUT2D eigenvalue weighted by Gasteiger charge is 2.21. The van der Waals surface area contributed by atoms with Gasteiger partial charge in [-0.2, -0.15) is 0 Å². The molecule has 1 fully saturated rings. The Morgan fingerprint density at radius 1 is 1.24 bits per heavy atom. The summed E-state index contributed by atoms with van der Waals surface area (Å²) in [6, 6.07) is 5.05. The first-order valence-corrected chi connectivity index (χ1v) is 5.11. The van der Waals surface area contributed by atoms with Crippen molar-refractivity contribution in [1.29, 1.82) is 0 Å². The van der Waals surface area contributed by atoms with Crippen LogP contribution >= 0.6 is 12.2 Å². The van der Waals surface area contributed by atoms with E-state index in [-0.39, 0.29) is 10.8 Å². The minimum Gasteiger partial charge on any atom is -0.328 e. The fraction of sp³-hybridized carbons (Fsp3) is 0. The van der Waals surface area contributed by atoms with Crippen molar-refractivity contribution in [2.24, 2.45) is 0 Å². The third-order valence-corrected chi connectivity index (χ3v) is 2.33. The smallest absolute Gasteiger partial charge is 0.274 e.